The maximum Gasteiger partial charge on any atom is 0.303 e. The summed E-state index contributed by atoms with van der Waals surface area (Å²) in [5.41, 5.74) is 0.982. The first-order valence-corrected chi connectivity index (χ1v) is 6.67. The van der Waals surface area contributed by atoms with Gasteiger partial charge in [0.1, 0.15) is 11.5 Å². The smallest absolute Gasteiger partial charge is 0.303 e. The molecule has 2 aromatic rings. The Bertz CT molecular complexity index is 576. The molecule has 0 bridgehead atoms. The van der Waals surface area contributed by atoms with Crippen LogP contribution in [0.25, 0.3) is 0 Å². The average Bonchev–Trinajstić information content (AvgIpc) is 2.41. The fraction of sp³-hybridized carbons (Fsp3) is 0.188. The van der Waals surface area contributed by atoms with Crippen molar-refractivity contribution in [3.8, 4) is 11.5 Å². The van der Waals surface area contributed by atoms with Crippen molar-refractivity contribution in [2.24, 2.45) is 0 Å². The van der Waals surface area contributed by atoms with E-state index in [9.17, 15) is 4.79 Å². The Hall–Kier alpha value is -2.00. The van der Waals surface area contributed by atoms with Gasteiger partial charge in [0.15, 0.2) is 0 Å². The van der Waals surface area contributed by atoms with E-state index < -0.39 is 5.97 Å². The van der Waals surface area contributed by atoms with Crippen molar-refractivity contribution in [3.05, 3.63) is 59.1 Å². The summed E-state index contributed by atoms with van der Waals surface area (Å²) in [6.45, 7) is 1.89. The van der Waals surface area contributed by atoms with Gasteiger partial charge in [0.05, 0.1) is 6.42 Å². The molecule has 0 amide bonds. The Morgan fingerprint density at radius 3 is 2.10 bits per heavy atom. The minimum absolute atomic E-state index is 0.0166. The second-order valence-electron chi connectivity index (χ2n) is 4.62. The number of carboxylic acid groups (broad SMARTS) is 1. The Kier molecular flexibility index (Phi) is 4.64. The Morgan fingerprint density at radius 1 is 1.10 bits per heavy atom. The van der Waals surface area contributed by atoms with Crippen LogP contribution in [0.4, 0.5) is 0 Å². The van der Waals surface area contributed by atoms with E-state index >= 15 is 0 Å². The predicted octanol–water partition coefficient (Wildman–Crippen LogP) is 4.71. The highest BCUT2D eigenvalue weighted by Crippen LogP contribution is 2.26. The largest absolute Gasteiger partial charge is 0.481 e. The maximum absolute atomic E-state index is 10.7. The van der Waals surface area contributed by atoms with Gasteiger partial charge in [-0.1, -0.05) is 30.7 Å². The van der Waals surface area contributed by atoms with E-state index in [1.807, 2.05) is 31.2 Å². The molecule has 2 rings (SSSR count). The van der Waals surface area contributed by atoms with Gasteiger partial charge < -0.3 is 9.84 Å². The lowest BCUT2D eigenvalue weighted by Gasteiger charge is -2.10. The van der Waals surface area contributed by atoms with Crippen LogP contribution >= 0.6 is 11.6 Å². The molecule has 0 heterocycles. The highest BCUT2D eigenvalue weighted by molar-refractivity contribution is 6.30. The van der Waals surface area contributed by atoms with Gasteiger partial charge in [-0.2, -0.15) is 0 Å². The van der Waals surface area contributed by atoms with Crippen LogP contribution in [0, 0.1) is 0 Å². The Balaban J connectivity index is 2.04. The third-order valence-corrected chi connectivity index (χ3v) is 3.23. The highest BCUT2D eigenvalue weighted by Gasteiger charge is 2.10. The molecule has 0 aliphatic carbocycles. The zero-order valence-corrected chi connectivity index (χ0v) is 11.8. The second kappa shape index (κ2) is 6.44. The van der Waals surface area contributed by atoms with E-state index in [2.05, 4.69) is 0 Å². The summed E-state index contributed by atoms with van der Waals surface area (Å²) >= 11 is 5.81. The number of hydrogen-bond acceptors (Lipinski definition) is 2. The molecule has 0 radical (unpaired) electrons. The van der Waals surface area contributed by atoms with Gasteiger partial charge >= 0.3 is 5.97 Å². The third kappa shape index (κ3) is 4.00. The quantitative estimate of drug-likeness (QED) is 0.867. The fourth-order valence-corrected chi connectivity index (χ4v) is 2.01. The van der Waals surface area contributed by atoms with Crippen molar-refractivity contribution in [2.45, 2.75) is 19.3 Å². The molecule has 1 unspecified atom stereocenters. The SMILES string of the molecule is CC(CC(=O)O)c1ccc(Oc2ccc(Cl)cc2)cc1. The lowest BCUT2D eigenvalue weighted by atomic mass is 9.98. The van der Waals surface area contributed by atoms with E-state index in [4.69, 9.17) is 21.4 Å². The predicted molar refractivity (Wildman–Crippen MR) is 78.6 cm³/mol. The van der Waals surface area contributed by atoms with Gasteiger partial charge in [-0.15, -0.1) is 0 Å². The summed E-state index contributed by atoms with van der Waals surface area (Å²) in [6.07, 6.45) is 0.122. The van der Waals surface area contributed by atoms with Crippen molar-refractivity contribution in [1.29, 1.82) is 0 Å². The van der Waals surface area contributed by atoms with E-state index in [-0.39, 0.29) is 12.3 Å². The van der Waals surface area contributed by atoms with Gasteiger partial charge in [-0.3, -0.25) is 4.79 Å². The van der Waals surface area contributed by atoms with Gasteiger partial charge in [0, 0.05) is 5.02 Å². The molecule has 2 aromatic carbocycles. The molecule has 104 valence electrons. The van der Waals surface area contributed by atoms with Crippen LogP contribution in [0.2, 0.25) is 5.02 Å². The second-order valence-corrected chi connectivity index (χ2v) is 5.06. The van der Waals surface area contributed by atoms with E-state index in [1.54, 1.807) is 24.3 Å². The topological polar surface area (TPSA) is 46.5 Å². The molecule has 4 heteroatoms. The fourth-order valence-electron chi connectivity index (χ4n) is 1.88. The Morgan fingerprint density at radius 2 is 1.60 bits per heavy atom. The summed E-state index contributed by atoms with van der Waals surface area (Å²) in [6, 6.07) is 14.6. The standard InChI is InChI=1S/C16H15ClO3/c1-11(10-16(18)19)12-2-6-14(7-3-12)20-15-8-4-13(17)5-9-15/h2-9,11H,10H2,1H3,(H,18,19). The molecule has 0 aliphatic heterocycles. The number of carboxylic acids is 1. The number of ether oxygens (including phenoxy) is 1. The number of halogens is 1. The normalized spacial score (nSPS) is 11.9. The lowest BCUT2D eigenvalue weighted by molar-refractivity contribution is -0.137. The summed E-state index contributed by atoms with van der Waals surface area (Å²) in [4.78, 5) is 10.7. The molecule has 1 N–H and O–H groups in total. The lowest BCUT2D eigenvalue weighted by Crippen LogP contribution is -2.02. The number of hydrogen-bond donors (Lipinski definition) is 1. The summed E-state index contributed by atoms with van der Waals surface area (Å²) < 4.78 is 5.67. The number of benzene rings is 2. The van der Waals surface area contributed by atoms with Crippen molar-refractivity contribution in [1.82, 2.24) is 0 Å². The van der Waals surface area contributed by atoms with E-state index in [1.165, 1.54) is 0 Å². The molecule has 0 aliphatic rings. The molecule has 0 saturated heterocycles. The monoisotopic (exact) mass is 290 g/mol. The van der Waals surface area contributed by atoms with Crippen LogP contribution in [0.5, 0.6) is 11.5 Å². The van der Waals surface area contributed by atoms with E-state index in [0.29, 0.717) is 16.5 Å². The van der Waals surface area contributed by atoms with Gasteiger partial charge in [-0.25, -0.2) is 0 Å². The average molecular weight is 291 g/mol. The molecular formula is C16H15ClO3. The molecular weight excluding hydrogens is 276 g/mol. The zero-order valence-electron chi connectivity index (χ0n) is 11.0. The van der Waals surface area contributed by atoms with Crippen molar-refractivity contribution < 1.29 is 14.6 Å². The maximum atomic E-state index is 10.7. The van der Waals surface area contributed by atoms with Crippen LogP contribution in [-0.2, 0) is 4.79 Å². The third-order valence-electron chi connectivity index (χ3n) is 2.98. The van der Waals surface area contributed by atoms with Gasteiger partial charge in [0.25, 0.3) is 0 Å². The molecule has 3 nitrogen and oxygen atoms in total. The summed E-state index contributed by atoms with van der Waals surface area (Å²) in [7, 11) is 0. The highest BCUT2D eigenvalue weighted by atomic mass is 35.5. The zero-order chi connectivity index (χ0) is 14.5. The summed E-state index contributed by atoms with van der Waals surface area (Å²) in [5.74, 6) is 0.607. The molecule has 20 heavy (non-hydrogen) atoms. The van der Waals surface area contributed by atoms with E-state index in [0.717, 1.165) is 5.56 Å². The first-order chi connectivity index (χ1) is 9.54. The number of carbonyl (C=O) groups is 1. The van der Waals surface area contributed by atoms with Crippen molar-refractivity contribution in [3.63, 3.8) is 0 Å². The van der Waals surface area contributed by atoms with Crippen molar-refractivity contribution >= 4 is 17.6 Å². The van der Waals surface area contributed by atoms with Crippen molar-refractivity contribution in [2.75, 3.05) is 0 Å². The van der Waals surface area contributed by atoms with Gasteiger partial charge in [-0.05, 0) is 47.9 Å². The number of aliphatic carboxylic acids is 1. The molecule has 0 spiro atoms. The minimum Gasteiger partial charge on any atom is -0.481 e. The molecule has 0 saturated carbocycles. The van der Waals surface area contributed by atoms with Crippen LogP contribution in [0.1, 0.15) is 24.8 Å². The van der Waals surface area contributed by atoms with Gasteiger partial charge in [0.2, 0.25) is 0 Å². The molecule has 0 fully saturated rings. The van der Waals surface area contributed by atoms with Crippen LogP contribution in [-0.4, -0.2) is 11.1 Å². The van der Waals surface area contributed by atoms with Crippen LogP contribution in [0.15, 0.2) is 48.5 Å². The van der Waals surface area contributed by atoms with Crippen LogP contribution in [0.3, 0.4) is 0 Å². The first kappa shape index (κ1) is 14.4. The number of rotatable bonds is 5. The summed E-state index contributed by atoms with van der Waals surface area (Å²) in [5, 5.41) is 9.44. The first-order valence-electron chi connectivity index (χ1n) is 6.30. The Labute approximate surface area is 122 Å². The van der Waals surface area contributed by atoms with Crippen LogP contribution < -0.4 is 4.74 Å². The minimum atomic E-state index is -0.793. The molecule has 0 aromatic heterocycles. The molecule has 1 atom stereocenters.